The molecule has 0 spiro atoms. The minimum atomic E-state index is -0.125. The summed E-state index contributed by atoms with van der Waals surface area (Å²) in [7, 11) is 1.80. The summed E-state index contributed by atoms with van der Waals surface area (Å²) < 4.78 is 6.80. The Morgan fingerprint density at radius 1 is 1.21 bits per heavy atom. The van der Waals surface area contributed by atoms with Crippen LogP contribution < -0.4 is 0 Å². The Balaban J connectivity index is 2.10. The van der Waals surface area contributed by atoms with Gasteiger partial charge in [0.1, 0.15) is 22.8 Å². The molecule has 0 amide bonds. The molecular weight excluding hydrogens is 248 g/mol. The first-order valence-corrected chi connectivity index (χ1v) is 5.48. The summed E-state index contributed by atoms with van der Waals surface area (Å²) in [6, 6.07) is 4.39. The van der Waals surface area contributed by atoms with Crippen molar-refractivity contribution in [2.75, 3.05) is 0 Å². The maximum Gasteiger partial charge on any atom is 0.265 e. The molecule has 0 aliphatic heterocycles. The first kappa shape index (κ1) is 11.3. The zero-order valence-electron chi connectivity index (χ0n) is 9.98. The second-order valence-corrected chi connectivity index (χ2v) is 3.98. The second kappa shape index (κ2) is 4.13. The highest BCUT2D eigenvalue weighted by molar-refractivity contribution is 5.70. The van der Waals surface area contributed by atoms with Crippen molar-refractivity contribution in [2.24, 2.45) is 7.05 Å². The van der Waals surface area contributed by atoms with Gasteiger partial charge in [0.15, 0.2) is 0 Å². The number of aryl methyl sites for hydroxylation is 1. The number of aromatic nitrogens is 4. The average Bonchev–Trinajstić information content (AvgIpc) is 2.98. The van der Waals surface area contributed by atoms with Gasteiger partial charge in [-0.15, -0.1) is 0 Å². The molecule has 2 aromatic heterocycles. The van der Waals surface area contributed by atoms with Crippen molar-refractivity contribution < 1.29 is 14.7 Å². The van der Waals surface area contributed by atoms with Crippen LogP contribution in [0.15, 0.2) is 35.2 Å². The Kier molecular flexibility index (Phi) is 2.45. The molecule has 7 nitrogen and oxygen atoms in total. The zero-order valence-corrected chi connectivity index (χ0v) is 9.98. The third-order valence-corrected chi connectivity index (χ3v) is 2.71. The minimum absolute atomic E-state index is 0.0480. The predicted octanol–water partition coefficient (Wildman–Crippen LogP) is 1.55. The van der Waals surface area contributed by atoms with E-state index in [1.807, 2.05) is 0 Å². The van der Waals surface area contributed by atoms with Gasteiger partial charge in [0.25, 0.3) is 5.89 Å². The molecule has 0 unspecified atom stereocenters. The highest BCUT2D eigenvalue weighted by Gasteiger charge is 2.18. The first-order valence-electron chi connectivity index (χ1n) is 5.48. The first-order chi connectivity index (χ1) is 9.16. The van der Waals surface area contributed by atoms with Gasteiger partial charge in [-0.2, -0.15) is 4.98 Å². The van der Waals surface area contributed by atoms with E-state index in [1.165, 1.54) is 18.2 Å². The smallest absolute Gasteiger partial charge is 0.265 e. The number of benzene rings is 1. The lowest BCUT2D eigenvalue weighted by molar-refractivity contribution is 0.415. The van der Waals surface area contributed by atoms with Crippen molar-refractivity contribution in [2.45, 2.75) is 0 Å². The fraction of sp³-hybridized carbons (Fsp3) is 0.0833. The van der Waals surface area contributed by atoms with Gasteiger partial charge in [-0.25, -0.2) is 4.98 Å². The number of phenolic OH excluding ortho intramolecular Hbond substituents is 2. The van der Waals surface area contributed by atoms with E-state index in [2.05, 4.69) is 15.1 Å². The lowest BCUT2D eigenvalue weighted by Gasteiger charge is -2.00. The van der Waals surface area contributed by atoms with E-state index < -0.39 is 0 Å². The van der Waals surface area contributed by atoms with Crippen LogP contribution in [0, 0.1) is 0 Å². The van der Waals surface area contributed by atoms with Crippen molar-refractivity contribution in [3.63, 3.8) is 0 Å². The lowest BCUT2D eigenvalue weighted by Crippen LogP contribution is -1.90. The summed E-state index contributed by atoms with van der Waals surface area (Å²) in [6.45, 7) is 0. The fourth-order valence-corrected chi connectivity index (χ4v) is 1.75. The molecule has 0 fully saturated rings. The van der Waals surface area contributed by atoms with Gasteiger partial charge in [-0.05, 0) is 12.1 Å². The molecule has 19 heavy (non-hydrogen) atoms. The molecule has 96 valence electrons. The maximum atomic E-state index is 9.73. The van der Waals surface area contributed by atoms with Gasteiger partial charge in [-0.1, -0.05) is 11.2 Å². The average molecular weight is 258 g/mol. The standard InChI is InChI=1S/C12H10N4O3/c1-16-6-13-5-7(16)11-14-12(19-15-11)10-8(17)3-2-4-9(10)18/h2-6,17-18H,1H3. The lowest BCUT2D eigenvalue weighted by atomic mass is 10.2. The van der Waals surface area contributed by atoms with Gasteiger partial charge in [0, 0.05) is 7.05 Å². The Labute approximate surface area is 107 Å². The maximum absolute atomic E-state index is 9.73. The third-order valence-electron chi connectivity index (χ3n) is 2.71. The summed E-state index contributed by atoms with van der Waals surface area (Å²) in [6.07, 6.45) is 3.21. The van der Waals surface area contributed by atoms with E-state index in [0.717, 1.165) is 0 Å². The number of hydrogen-bond donors (Lipinski definition) is 2. The van der Waals surface area contributed by atoms with Crippen LogP contribution in [0.2, 0.25) is 0 Å². The predicted molar refractivity (Wildman–Crippen MR) is 65.3 cm³/mol. The molecule has 7 heteroatoms. The van der Waals surface area contributed by atoms with Crippen molar-refractivity contribution in [3.05, 3.63) is 30.7 Å². The minimum Gasteiger partial charge on any atom is -0.507 e. The number of phenols is 2. The van der Waals surface area contributed by atoms with Crippen LogP contribution >= 0.6 is 0 Å². The zero-order chi connectivity index (χ0) is 13.4. The van der Waals surface area contributed by atoms with Crippen LogP contribution in [0.5, 0.6) is 11.5 Å². The van der Waals surface area contributed by atoms with E-state index in [4.69, 9.17) is 4.52 Å². The van der Waals surface area contributed by atoms with Crippen molar-refractivity contribution >= 4 is 0 Å². The Hall–Kier alpha value is -2.83. The quantitative estimate of drug-likeness (QED) is 0.723. The molecular formula is C12H10N4O3. The van der Waals surface area contributed by atoms with E-state index in [-0.39, 0.29) is 23.0 Å². The van der Waals surface area contributed by atoms with Crippen LogP contribution in [0.25, 0.3) is 23.0 Å². The van der Waals surface area contributed by atoms with Gasteiger partial charge >= 0.3 is 0 Å². The van der Waals surface area contributed by atoms with Crippen LogP contribution in [-0.2, 0) is 7.05 Å². The largest absolute Gasteiger partial charge is 0.507 e. The highest BCUT2D eigenvalue weighted by atomic mass is 16.5. The van der Waals surface area contributed by atoms with Crippen molar-refractivity contribution in [1.82, 2.24) is 19.7 Å². The van der Waals surface area contributed by atoms with Gasteiger partial charge in [0.2, 0.25) is 5.82 Å². The molecule has 1 aromatic carbocycles. The molecule has 2 N–H and O–H groups in total. The molecule has 0 bridgehead atoms. The SMILES string of the molecule is Cn1cncc1-c1noc(-c2c(O)cccc2O)n1. The second-order valence-electron chi connectivity index (χ2n) is 3.98. The Bertz CT molecular complexity index is 712. The number of imidazole rings is 1. The van der Waals surface area contributed by atoms with Crippen LogP contribution in [0.4, 0.5) is 0 Å². The Morgan fingerprint density at radius 2 is 1.95 bits per heavy atom. The highest BCUT2D eigenvalue weighted by Crippen LogP contribution is 2.36. The molecule has 0 radical (unpaired) electrons. The summed E-state index contributed by atoms with van der Waals surface area (Å²) in [4.78, 5) is 8.10. The van der Waals surface area contributed by atoms with Crippen LogP contribution in [0.3, 0.4) is 0 Å². The molecule has 3 rings (SSSR count). The van der Waals surface area contributed by atoms with Crippen LogP contribution in [-0.4, -0.2) is 29.9 Å². The molecule has 0 saturated carbocycles. The Morgan fingerprint density at radius 3 is 2.58 bits per heavy atom. The number of rotatable bonds is 2. The topological polar surface area (TPSA) is 97.2 Å². The normalized spacial score (nSPS) is 10.8. The van der Waals surface area contributed by atoms with Gasteiger partial charge in [0.05, 0.1) is 12.5 Å². The molecule has 0 saturated heterocycles. The van der Waals surface area contributed by atoms with Gasteiger partial charge < -0.3 is 19.3 Å². The van der Waals surface area contributed by atoms with E-state index in [1.54, 1.807) is 24.1 Å². The molecule has 2 heterocycles. The summed E-state index contributed by atoms with van der Waals surface area (Å²) in [5.74, 6) is 0.130. The van der Waals surface area contributed by atoms with Gasteiger partial charge in [-0.3, -0.25) is 0 Å². The summed E-state index contributed by atoms with van der Waals surface area (Å²) >= 11 is 0. The summed E-state index contributed by atoms with van der Waals surface area (Å²) in [5.41, 5.74) is 0.785. The molecule has 0 atom stereocenters. The van der Waals surface area contributed by atoms with Crippen LogP contribution in [0.1, 0.15) is 0 Å². The number of aromatic hydroxyl groups is 2. The number of nitrogens with zero attached hydrogens (tertiary/aromatic N) is 4. The number of hydrogen-bond acceptors (Lipinski definition) is 6. The van der Waals surface area contributed by atoms with E-state index in [0.29, 0.717) is 11.5 Å². The monoisotopic (exact) mass is 258 g/mol. The third kappa shape index (κ3) is 1.81. The molecule has 0 aliphatic carbocycles. The fourth-order valence-electron chi connectivity index (χ4n) is 1.75. The van der Waals surface area contributed by atoms with Crippen molar-refractivity contribution in [3.8, 4) is 34.5 Å². The molecule has 0 aliphatic rings. The van der Waals surface area contributed by atoms with E-state index >= 15 is 0 Å². The summed E-state index contributed by atoms with van der Waals surface area (Å²) in [5, 5.41) is 23.3. The van der Waals surface area contributed by atoms with E-state index in [9.17, 15) is 10.2 Å². The van der Waals surface area contributed by atoms with Crippen molar-refractivity contribution in [1.29, 1.82) is 0 Å². The molecule has 3 aromatic rings.